The molecule has 0 unspecified atom stereocenters. The molecule has 118 valence electrons. The van der Waals surface area contributed by atoms with Crippen molar-refractivity contribution >= 4 is 21.5 Å². The lowest BCUT2D eigenvalue weighted by Gasteiger charge is -2.22. The summed E-state index contributed by atoms with van der Waals surface area (Å²) in [4.78, 5) is 11.2. The van der Waals surface area contributed by atoms with Crippen molar-refractivity contribution in [2.45, 2.75) is 33.1 Å². The highest BCUT2D eigenvalue weighted by Gasteiger charge is 2.20. The normalized spacial score (nSPS) is 18.3. The van der Waals surface area contributed by atoms with E-state index < -0.39 is 9.84 Å². The summed E-state index contributed by atoms with van der Waals surface area (Å²) in [7, 11) is -2.90. The minimum absolute atomic E-state index is 0.205. The van der Waals surface area contributed by atoms with E-state index in [1.807, 2.05) is 13.0 Å². The van der Waals surface area contributed by atoms with Crippen LogP contribution in [0.3, 0.4) is 0 Å². The van der Waals surface area contributed by atoms with E-state index in [9.17, 15) is 8.42 Å². The predicted octanol–water partition coefficient (Wildman–Crippen LogP) is 1.49. The summed E-state index contributed by atoms with van der Waals surface area (Å²) in [5, 5.41) is 3.22. The van der Waals surface area contributed by atoms with E-state index in [-0.39, 0.29) is 11.5 Å². The van der Waals surface area contributed by atoms with Crippen molar-refractivity contribution in [3.05, 3.63) is 11.9 Å². The zero-order valence-corrected chi connectivity index (χ0v) is 13.6. The van der Waals surface area contributed by atoms with Crippen LogP contribution in [0.5, 0.6) is 0 Å². The van der Waals surface area contributed by atoms with Crippen LogP contribution in [0.2, 0.25) is 0 Å². The average Bonchev–Trinajstić information content (AvgIpc) is 2.60. The Kier molecular flexibility index (Phi) is 5.39. The molecule has 2 heterocycles. The summed E-state index contributed by atoms with van der Waals surface area (Å²) in [5.74, 6) is 2.95. The van der Waals surface area contributed by atoms with Crippen LogP contribution in [0.15, 0.2) is 6.07 Å². The van der Waals surface area contributed by atoms with Crippen molar-refractivity contribution in [1.29, 1.82) is 0 Å². The first-order valence-electron chi connectivity index (χ1n) is 7.61. The molecule has 7 heteroatoms. The van der Waals surface area contributed by atoms with Gasteiger partial charge in [-0.25, -0.2) is 18.4 Å². The van der Waals surface area contributed by atoms with Gasteiger partial charge in [0, 0.05) is 32.1 Å². The summed E-state index contributed by atoms with van der Waals surface area (Å²) >= 11 is 0. The van der Waals surface area contributed by atoms with E-state index in [1.54, 1.807) is 0 Å². The maximum Gasteiger partial charge on any atom is 0.152 e. The van der Waals surface area contributed by atoms with E-state index in [0.717, 1.165) is 43.4 Å². The Morgan fingerprint density at radius 3 is 2.76 bits per heavy atom. The fourth-order valence-electron chi connectivity index (χ4n) is 2.42. The van der Waals surface area contributed by atoms with Gasteiger partial charge in [0.05, 0.1) is 11.5 Å². The first kappa shape index (κ1) is 16.0. The fourth-order valence-corrected chi connectivity index (χ4v) is 3.69. The largest absolute Gasteiger partial charge is 0.370 e. The molecule has 0 spiro atoms. The molecule has 2 rings (SSSR count). The lowest BCUT2D eigenvalue weighted by molar-refractivity contribution is 0.597. The fraction of sp³-hybridized carbons (Fsp3) is 0.714. The Bertz CT molecular complexity index is 550. The maximum atomic E-state index is 11.7. The Morgan fingerprint density at radius 1 is 1.24 bits per heavy atom. The molecule has 1 fully saturated rings. The third kappa shape index (κ3) is 4.56. The second kappa shape index (κ2) is 7.06. The zero-order chi connectivity index (χ0) is 15.3. The van der Waals surface area contributed by atoms with E-state index >= 15 is 0 Å². The molecule has 1 aliphatic rings. The Labute approximate surface area is 126 Å². The van der Waals surface area contributed by atoms with Crippen molar-refractivity contribution in [3.8, 4) is 0 Å². The average molecular weight is 312 g/mol. The highest BCUT2D eigenvalue weighted by Crippen LogP contribution is 2.19. The number of nitrogens with one attached hydrogen (secondary N) is 1. The number of anilines is 2. The number of sulfone groups is 1. The van der Waals surface area contributed by atoms with E-state index in [0.29, 0.717) is 13.0 Å². The topological polar surface area (TPSA) is 75.2 Å². The van der Waals surface area contributed by atoms with Gasteiger partial charge in [0.2, 0.25) is 0 Å². The molecule has 0 aromatic carbocycles. The summed E-state index contributed by atoms with van der Waals surface area (Å²) in [6.07, 6.45) is 2.48. The van der Waals surface area contributed by atoms with Gasteiger partial charge < -0.3 is 10.2 Å². The van der Waals surface area contributed by atoms with Gasteiger partial charge in [-0.05, 0) is 19.8 Å². The third-order valence-corrected chi connectivity index (χ3v) is 5.19. The van der Waals surface area contributed by atoms with Crippen molar-refractivity contribution in [1.82, 2.24) is 9.97 Å². The molecule has 6 nitrogen and oxygen atoms in total. The highest BCUT2D eigenvalue weighted by molar-refractivity contribution is 7.91. The maximum absolute atomic E-state index is 11.7. The predicted molar refractivity (Wildman–Crippen MR) is 85.7 cm³/mol. The number of hydrogen-bond acceptors (Lipinski definition) is 6. The lowest BCUT2D eigenvalue weighted by Crippen LogP contribution is -2.28. The van der Waals surface area contributed by atoms with Gasteiger partial charge in [0.1, 0.15) is 17.5 Å². The molecule has 0 aliphatic carbocycles. The van der Waals surface area contributed by atoms with Crippen molar-refractivity contribution in [2.24, 2.45) is 0 Å². The summed E-state index contributed by atoms with van der Waals surface area (Å²) in [6.45, 7) is 6.17. The second-order valence-electron chi connectivity index (χ2n) is 5.30. The van der Waals surface area contributed by atoms with Crippen LogP contribution in [-0.2, 0) is 16.3 Å². The molecule has 0 saturated carbocycles. The molecular weight excluding hydrogens is 288 g/mol. The van der Waals surface area contributed by atoms with Gasteiger partial charge in [-0.2, -0.15) is 0 Å². The van der Waals surface area contributed by atoms with E-state index in [2.05, 4.69) is 27.1 Å². The van der Waals surface area contributed by atoms with Crippen molar-refractivity contribution in [2.75, 3.05) is 41.4 Å². The van der Waals surface area contributed by atoms with Crippen LogP contribution in [0.4, 0.5) is 11.6 Å². The molecule has 1 aromatic heterocycles. The summed E-state index contributed by atoms with van der Waals surface area (Å²) in [5.41, 5.74) is 0. The first-order chi connectivity index (χ1) is 10.0. The van der Waals surface area contributed by atoms with Crippen LogP contribution in [-0.4, -0.2) is 49.5 Å². The van der Waals surface area contributed by atoms with Crippen molar-refractivity contribution in [3.63, 3.8) is 0 Å². The monoisotopic (exact) mass is 312 g/mol. The molecule has 0 bridgehead atoms. The summed E-state index contributed by atoms with van der Waals surface area (Å²) in [6, 6.07) is 1.92. The molecule has 0 atom stereocenters. The van der Waals surface area contributed by atoms with Crippen molar-refractivity contribution < 1.29 is 8.42 Å². The quantitative estimate of drug-likeness (QED) is 0.888. The molecule has 1 aromatic rings. The van der Waals surface area contributed by atoms with E-state index in [1.165, 1.54) is 0 Å². The number of hydrogen-bond donors (Lipinski definition) is 1. The van der Waals surface area contributed by atoms with Crippen LogP contribution >= 0.6 is 0 Å². The minimum atomic E-state index is -2.90. The third-order valence-electron chi connectivity index (χ3n) is 3.47. The van der Waals surface area contributed by atoms with Gasteiger partial charge in [-0.15, -0.1) is 0 Å². The molecule has 0 amide bonds. The number of aryl methyl sites for hydroxylation is 1. The molecule has 1 aliphatic heterocycles. The van der Waals surface area contributed by atoms with Crippen LogP contribution in [0, 0.1) is 0 Å². The van der Waals surface area contributed by atoms with Gasteiger partial charge >= 0.3 is 0 Å². The number of aromatic nitrogens is 2. The highest BCUT2D eigenvalue weighted by atomic mass is 32.2. The van der Waals surface area contributed by atoms with Crippen LogP contribution in [0.1, 0.15) is 32.5 Å². The van der Waals surface area contributed by atoms with Gasteiger partial charge in [-0.1, -0.05) is 6.92 Å². The molecule has 21 heavy (non-hydrogen) atoms. The Morgan fingerprint density at radius 2 is 2.05 bits per heavy atom. The van der Waals surface area contributed by atoms with E-state index in [4.69, 9.17) is 0 Å². The smallest absolute Gasteiger partial charge is 0.152 e. The first-order valence-corrected chi connectivity index (χ1v) is 9.43. The summed E-state index contributed by atoms with van der Waals surface area (Å²) < 4.78 is 23.4. The van der Waals surface area contributed by atoms with Gasteiger partial charge in [0.15, 0.2) is 9.84 Å². The van der Waals surface area contributed by atoms with Gasteiger partial charge in [0.25, 0.3) is 0 Å². The lowest BCUT2D eigenvalue weighted by atomic mass is 10.3. The second-order valence-corrected chi connectivity index (χ2v) is 7.60. The molecule has 1 saturated heterocycles. The Hall–Kier alpha value is -1.37. The standard InChI is InChI=1S/C14H24N4O2S/c1-3-6-12-16-13(15-4-2)11-14(17-12)18-7-5-9-21(19,20)10-8-18/h11H,3-10H2,1-2H3,(H,15,16,17). The molecular formula is C14H24N4O2S. The number of rotatable bonds is 5. The van der Waals surface area contributed by atoms with Crippen LogP contribution in [0.25, 0.3) is 0 Å². The van der Waals surface area contributed by atoms with Gasteiger partial charge in [-0.3, -0.25) is 0 Å². The SMILES string of the molecule is CCCc1nc(NCC)cc(N2CCCS(=O)(=O)CC2)n1. The zero-order valence-electron chi connectivity index (χ0n) is 12.8. The number of nitrogens with zero attached hydrogens (tertiary/aromatic N) is 3. The molecule has 0 radical (unpaired) electrons. The van der Waals surface area contributed by atoms with Crippen LogP contribution < -0.4 is 10.2 Å². The Balaban J connectivity index is 2.24. The minimum Gasteiger partial charge on any atom is -0.370 e. The molecule has 1 N–H and O–H groups in total.